The van der Waals surface area contributed by atoms with E-state index in [1.165, 1.54) is 58.3 Å². The molecule has 0 heterocycles. The highest BCUT2D eigenvalue weighted by Crippen LogP contribution is 2.20. The second-order valence-corrected chi connectivity index (χ2v) is 6.06. The Balaban J connectivity index is 3.17. The first kappa shape index (κ1) is 18.2. The van der Waals surface area contributed by atoms with Crippen molar-refractivity contribution < 1.29 is 10.2 Å². The summed E-state index contributed by atoms with van der Waals surface area (Å²) in [5, 5.41) is 18.0. The van der Waals surface area contributed by atoms with Crippen LogP contribution in [0.2, 0.25) is 0 Å². The van der Waals surface area contributed by atoms with Crippen LogP contribution in [0.3, 0.4) is 0 Å². The molecule has 0 aliphatic rings. The molecule has 0 aromatic heterocycles. The van der Waals surface area contributed by atoms with Crippen molar-refractivity contribution in [3.05, 3.63) is 0 Å². The lowest BCUT2D eigenvalue weighted by molar-refractivity contribution is -0.146. The van der Waals surface area contributed by atoms with Crippen molar-refractivity contribution in [2.45, 2.75) is 95.6 Å². The molecule has 1 atom stereocenters. The molecule has 0 spiro atoms. The van der Waals surface area contributed by atoms with Crippen molar-refractivity contribution >= 4 is 11.6 Å². The van der Waals surface area contributed by atoms with Gasteiger partial charge < -0.3 is 10.2 Å². The molecule has 2 nitrogen and oxygen atoms in total. The Morgan fingerprint density at radius 1 is 0.833 bits per heavy atom. The maximum absolute atomic E-state index is 9.25. The minimum atomic E-state index is -1.74. The van der Waals surface area contributed by atoms with Crippen LogP contribution in [0.4, 0.5) is 0 Å². The highest BCUT2D eigenvalue weighted by molar-refractivity contribution is 6.21. The lowest BCUT2D eigenvalue weighted by atomic mass is 10.0. The molecule has 0 aliphatic carbocycles. The summed E-state index contributed by atoms with van der Waals surface area (Å²) in [6, 6.07) is 0. The van der Waals surface area contributed by atoms with Crippen molar-refractivity contribution in [1.29, 1.82) is 0 Å². The summed E-state index contributed by atoms with van der Waals surface area (Å²) < 4.78 is 0. The van der Waals surface area contributed by atoms with E-state index in [1.54, 1.807) is 0 Å². The lowest BCUT2D eigenvalue weighted by Crippen LogP contribution is -2.34. The highest BCUT2D eigenvalue weighted by Gasteiger charge is 2.26. The van der Waals surface area contributed by atoms with E-state index >= 15 is 0 Å². The predicted molar refractivity (Wildman–Crippen MR) is 78.9 cm³/mol. The van der Waals surface area contributed by atoms with Gasteiger partial charge in [0.2, 0.25) is 0 Å². The van der Waals surface area contributed by atoms with Crippen LogP contribution < -0.4 is 0 Å². The topological polar surface area (TPSA) is 40.5 Å². The Labute approximate surface area is 118 Å². The zero-order chi connectivity index (χ0) is 13.9. The molecule has 2 N–H and O–H groups in total. The molecule has 0 fully saturated rings. The van der Waals surface area contributed by atoms with Crippen LogP contribution in [0.5, 0.6) is 0 Å². The number of rotatable bonds is 12. The third-order valence-corrected chi connectivity index (χ3v) is 4.04. The van der Waals surface area contributed by atoms with Crippen molar-refractivity contribution in [3.8, 4) is 0 Å². The minimum Gasteiger partial charge on any atom is -0.365 e. The normalized spacial score (nSPS) is 13.8. The van der Waals surface area contributed by atoms with Gasteiger partial charge in [0.1, 0.15) is 0 Å². The smallest absolute Gasteiger partial charge is 0.176 e. The molecule has 1 unspecified atom stereocenters. The van der Waals surface area contributed by atoms with Crippen molar-refractivity contribution in [3.63, 3.8) is 0 Å². The SMILES string of the molecule is CCCCCCCCCCCCC(Cl)C(C)(O)O. The van der Waals surface area contributed by atoms with Gasteiger partial charge in [0.25, 0.3) is 0 Å². The molecule has 0 amide bonds. The number of halogens is 1. The predicted octanol–water partition coefficient (Wildman–Crippen LogP) is 4.61. The van der Waals surface area contributed by atoms with Gasteiger partial charge in [-0.3, -0.25) is 0 Å². The molecule has 110 valence electrons. The second-order valence-electron chi connectivity index (χ2n) is 5.53. The first-order chi connectivity index (χ1) is 8.48. The van der Waals surface area contributed by atoms with Gasteiger partial charge in [-0.05, 0) is 13.3 Å². The first-order valence-electron chi connectivity index (χ1n) is 7.57. The minimum absolute atomic E-state index is 0.549. The summed E-state index contributed by atoms with van der Waals surface area (Å²) >= 11 is 5.87. The Morgan fingerprint density at radius 2 is 1.22 bits per heavy atom. The second kappa shape index (κ2) is 11.1. The standard InChI is InChI=1S/C15H31ClO2/c1-3-4-5-6-7-8-9-10-11-12-13-14(16)15(2,17)18/h14,17-18H,3-13H2,1-2H3. The molecule has 0 bridgehead atoms. The number of aliphatic hydroxyl groups is 2. The molecule has 3 heteroatoms. The van der Waals surface area contributed by atoms with E-state index < -0.39 is 11.2 Å². The highest BCUT2D eigenvalue weighted by atomic mass is 35.5. The molecule has 0 radical (unpaired) electrons. The fourth-order valence-electron chi connectivity index (χ4n) is 2.08. The Hall–Kier alpha value is 0.210. The van der Waals surface area contributed by atoms with Gasteiger partial charge in [-0.15, -0.1) is 11.6 Å². The third-order valence-electron chi connectivity index (χ3n) is 3.40. The average molecular weight is 279 g/mol. The lowest BCUT2D eigenvalue weighted by Gasteiger charge is -2.21. The van der Waals surface area contributed by atoms with Crippen LogP contribution >= 0.6 is 11.6 Å². The summed E-state index contributed by atoms with van der Waals surface area (Å²) in [6.07, 6.45) is 13.5. The van der Waals surface area contributed by atoms with Crippen LogP contribution in [-0.2, 0) is 0 Å². The van der Waals surface area contributed by atoms with Crippen LogP contribution in [0, 0.1) is 0 Å². The van der Waals surface area contributed by atoms with Gasteiger partial charge in [-0.1, -0.05) is 71.1 Å². The monoisotopic (exact) mass is 278 g/mol. The molecule has 0 aliphatic heterocycles. The Bertz CT molecular complexity index is 178. The quantitative estimate of drug-likeness (QED) is 0.311. The van der Waals surface area contributed by atoms with Crippen LogP contribution in [0.15, 0.2) is 0 Å². The molecule has 0 saturated heterocycles. The Morgan fingerprint density at radius 3 is 1.61 bits per heavy atom. The zero-order valence-corrected chi connectivity index (χ0v) is 12.9. The van der Waals surface area contributed by atoms with Gasteiger partial charge in [0.05, 0.1) is 5.38 Å². The van der Waals surface area contributed by atoms with E-state index in [0.717, 1.165) is 12.8 Å². The van der Waals surface area contributed by atoms with Crippen molar-refractivity contribution in [1.82, 2.24) is 0 Å². The Kier molecular flexibility index (Phi) is 11.2. The van der Waals surface area contributed by atoms with Gasteiger partial charge in [0.15, 0.2) is 5.79 Å². The van der Waals surface area contributed by atoms with Crippen LogP contribution in [0.1, 0.15) is 84.5 Å². The molecule has 0 aromatic carbocycles. The summed E-state index contributed by atoms with van der Waals surface area (Å²) in [5.41, 5.74) is 0. The maximum atomic E-state index is 9.25. The number of unbranched alkanes of at least 4 members (excludes halogenated alkanes) is 9. The summed E-state index contributed by atoms with van der Waals surface area (Å²) in [6.45, 7) is 3.59. The number of hydrogen-bond donors (Lipinski definition) is 2. The third kappa shape index (κ3) is 11.3. The zero-order valence-electron chi connectivity index (χ0n) is 12.1. The van der Waals surface area contributed by atoms with Crippen LogP contribution in [-0.4, -0.2) is 21.4 Å². The van der Waals surface area contributed by atoms with Gasteiger partial charge >= 0.3 is 0 Å². The fraction of sp³-hybridized carbons (Fsp3) is 1.00. The molecule has 0 saturated carbocycles. The molecule has 0 rings (SSSR count). The summed E-state index contributed by atoms with van der Waals surface area (Å²) in [5.74, 6) is -1.74. The first-order valence-corrected chi connectivity index (χ1v) is 8.01. The van der Waals surface area contributed by atoms with E-state index in [2.05, 4.69) is 6.92 Å². The molecular weight excluding hydrogens is 248 g/mol. The van der Waals surface area contributed by atoms with Crippen molar-refractivity contribution in [2.75, 3.05) is 0 Å². The molecule has 0 aromatic rings. The average Bonchev–Trinajstić information content (AvgIpc) is 2.30. The maximum Gasteiger partial charge on any atom is 0.176 e. The fourth-order valence-corrected chi connectivity index (χ4v) is 2.24. The van der Waals surface area contributed by atoms with E-state index in [4.69, 9.17) is 11.6 Å². The molecule has 18 heavy (non-hydrogen) atoms. The van der Waals surface area contributed by atoms with Crippen molar-refractivity contribution in [2.24, 2.45) is 0 Å². The molecular formula is C15H31ClO2. The van der Waals surface area contributed by atoms with Gasteiger partial charge in [0, 0.05) is 0 Å². The number of hydrogen-bond acceptors (Lipinski definition) is 2. The van der Waals surface area contributed by atoms with E-state index in [-0.39, 0.29) is 0 Å². The largest absolute Gasteiger partial charge is 0.365 e. The van der Waals surface area contributed by atoms with E-state index in [0.29, 0.717) is 6.42 Å². The van der Waals surface area contributed by atoms with E-state index in [1.807, 2.05) is 0 Å². The van der Waals surface area contributed by atoms with E-state index in [9.17, 15) is 10.2 Å². The van der Waals surface area contributed by atoms with Gasteiger partial charge in [-0.2, -0.15) is 0 Å². The number of alkyl halides is 1. The van der Waals surface area contributed by atoms with Crippen LogP contribution in [0.25, 0.3) is 0 Å². The summed E-state index contributed by atoms with van der Waals surface area (Å²) in [4.78, 5) is 0. The van der Waals surface area contributed by atoms with Gasteiger partial charge in [-0.25, -0.2) is 0 Å². The summed E-state index contributed by atoms with van der Waals surface area (Å²) in [7, 11) is 0.